The zero-order valence-corrected chi connectivity index (χ0v) is 10.2. The van der Waals surface area contributed by atoms with Crippen molar-refractivity contribution in [3.63, 3.8) is 0 Å². The smallest absolute Gasteiger partial charge is 0.251 e. The Kier molecular flexibility index (Phi) is 4.07. The molecule has 0 unspecified atom stereocenters. The minimum atomic E-state index is -0.595. The van der Waals surface area contributed by atoms with Gasteiger partial charge in [0.05, 0.1) is 17.8 Å². The van der Waals surface area contributed by atoms with Gasteiger partial charge in [-0.3, -0.25) is 4.79 Å². The van der Waals surface area contributed by atoms with Crippen LogP contribution in [0.3, 0.4) is 0 Å². The van der Waals surface area contributed by atoms with Crippen molar-refractivity contribution in [1.29, 1.82) is 0 Å². The summed E-state index contributed by atoms with van der Waals surface area (Å²) in [6.07, 6.45) is 0. The summed E-state index contributed by atoms with van der Waals surface area (Å²) >= 11 is 0. The number of rotatable bonds is 4. The van der Waals surface area contributed by atoms with Crippen LogP contribution in [-0.4, -0.2) is 25.2 Å². The maximum atomic E-state index is 13.2. The van der Waals surface area contributed by atoms with Crippen molar-refractivity contribution >= 4 is 11.6 Å². The SMILES string of the molecule is COCC(C)(C)NC(=O)c1ccc(N)c(F)c1. The summed E-state index contributed by atoms with van der Waals surface area (Å²) in [6.45, 7) is 4.01. The molecule has 0 aliphatic carbocycles. The second-order valence-electron chi connectivity index (χ2n) is 4.51. The predicted molar refractivity (Wildman–Crippen MR) is 64.2 cm³/mol. The largest absolute Gasteiger partial charge is 0.396 e. The summed E-state index contributed by atoms with van der Waals surface area (Å²) in [4.78, 5) is 11.8. The van der Waals surface area contributed by atoms with Crippen LogP contribution in [0.25, 0.3) is 0 Å². The van der Waals surface area contributed by atoms with Crippen LogP contribution in [0.15, 0.2) is 18.2 Å². The van der Waals surface area contributed by atoms with E-state index in [0.29, 0.717) is 6.61 Å². The van der Waals surface area contributed by atoms with Gasteiger partial charge in [-0.25, -0.2) is 4.39 Å². The van der Waals surface area contributed by atoms with Gasteiger partial charge in [0, 0.05) is 12.7 Å². The van der Waals surface area contributed by atoms with Gasteiger partial charge in [0.15, 0.2) is 0 Å². The molecule has 0 atom stereocenters. The Morgan fingerprint density at radius 1 is 1.53 bits per heavy atom. The number of nitrogens with one attached hydrogen (secondary N) is 1. The van der Waals surface area contributed by atoms with Crippen LogP contribution in [0.1, 0.15) is 24.2 Å². The number of ether oxygens (including phenoxy) is 1. The van der Waals surface area contributed by atoms with Gasteiger partial charge in [0.25, 0.3) is 5.91 Å². The van der Waals surface area contributed by atoms with E-state index in [1.165, 1.54) is 12.1 Å². The molecule has 1 aromatic carbocycles. The van der Waals surface area contributed by atoms with E-state index in [9.17, 15) is 9.18 Å². The normalized spacial score (nSPS) is 11.3. The number of benzene rings is 1. The van der Waals surface area contributed by atoms with Crippen LogP contribution >= 0.6 is 0 Å². The topological polar surface area (TPSA) is 64.3 Å². The highest BCUT2D eigenvalue weighted by Gasteiger charge is 2.21. The molecule has 0 aliphatic rings. The Morgan fingerprint density at radius 2 is 2.18 bits per heavy atom. The Labute approximate surface area is 100.0 Å². The van der Waals surface area contributed by atoms with Gasteiger partial charge < -0.3 is 15.8 Å². The average Bonchev–Trinajstić information content (AvgIpc) is 2.21. The maximum absolute atomic E-state index is 13.2. The van der Waals surface area contributed by atoms with Gasteiger partial charge >= 0.3 is 0 Å². The summed E-state index contributed by atoms with van der Waals surface area (Å²) in [5.74, 6) is -0.951. The minimum Gasteiger partial charge on any atom is -0.396 e. The molecular weight excluding hydrogens is 223 g/mol. The van der Waals surface area contributed by atoms with E-state index in [2.05, 4.69) is 5.32 Å². The van der Waals surface area contributed by atoms with E-state index in [1.807, 2.05) is 13.8 Å². The van der Waals surface area contributed by atoms with Gasteiger partial charge in [-0.1, -0.05) is 0 Å². The van der Waals surface area contributed by atoms with Crippen LogP contribution in [0, 0.1) is 5.82 Å². The molecule has 17 heavy (non-hydrogen) atoms. The first kappa shape index (κ1) is 13.4. The molecular formula is C12H17FN2O2. The van der Waals surface area contributed by atoms with Crippen LogP contribution in [0.4, 0.5) is 10.1 Å². The molecule has 0 bridgehead atoms. The predicted octanol–water partition coefficient (Wildman–Crippen LogP) is 1.56. The third kappa shape index (κ3) is 3.71. The molecule has 0 saturated heterocycles. The zero-order chi connectivity index (χ0) is 13.1. The summed E-state index contributed by atoms with van der Waals surface area (Å²) in [6, 6.07) is 3.97. The fraction of sp³-hybridized carbons (Fsp3) is 0.417. The van der Waals surface area contributed by atoms with E-state index in [0.717, 1.165) is 6.07 Å². The van der Waals surface area contributed by atoms with Crippen molar-refractivity contribution in [2.45, 2.75) is 19.4 Å². The molecule has 0 heterocycles. The van der Waals surface area contributed by atoms with Crippen molar-refractivity contribution in [2.75, 3.05) is 19.5 Å². The second kappa shape index (κ2) is 5.14. The molecule has 0 aliphatic heterocycles. The first-order valence-corrected chi connectivity index (χ1v) is 5.22. The van der Waals surface area contributed by atoms with E-state index in [1.54, 1.807) is 7.11 Å². The molecule has 3 N–H and O–H groups in total. The van der Waals surface area contributed by atoms with E-state index in [4.69, 9.17) is 10.5 Å². The highest BCUT2D eigenvalue weighted by molar-refractivity contribution is 5.95. The standard InChI is InChI=1S/C12H17FN2O2/c1-12(2,7-17-3)15-11(16)8-4-5-10(14)9(13)6-8/h4-6H,7,14H2,1-3H3,(H,15,16). The minimum absolute atomic E-state index is 0.0256. The van der Waals surface area contributed by atoms with Gasteiger partial charge in [0.1, 0.15) is 5.82 Å². The second-order valence-corrected chi connectivity index (χ2v) is 4.51. The number of hydrogen-bond donors (Lipinski definition) is 2. The third-order valence-electron chi connectivity index (χ3n) is 2.22. The van der Waals surface area contributed by atoms with Crippen molar-refractivity contribution in [3.8, 4) is 0 Å². The zero-order valence-electron chi connectivity index (χ0n) is 10.2. The molecule has 1 rings (SSSR count). The van der Waals surface area contributed by atoms with E-state index < -0.39 is 11.4 Å². The lowest BCUT2D eigenvalue weighted by atomic mass is 10.1. The highest BCUT2D eigenvalue weighted by atomic mass is 19.1. The number of hydrogen-bond acceptors (Lipinski definition) is 3. The number of halogens is 1. The molecule has 1 amide bonds. The van der Waals surface area contributed by atoms with Gasteiger partial charge in [-0.2, -0.15) is 0 Å². The lowest BCUT2D eigenvalue weighted by Crippen LogP contribution is -2.46. The molecule has 0 aromatic heterocycles. The summed E-state index contributed by atoms with van der Waals surface area (Å²) < 4.78 is 18.2. The van der Waals surface area contributed by atoms with Gasteiger partial charge in [0.2, 0.25) is 0 Å². The van der Waals surface area contributed by atoms with Crippen LogP contribution in [0.5, 0.6) is 0 Å². The molecule has 5 heteroatoms. The van der Waals surface area contributed by atoms with Crippen molar-refractivity contribution in [1.82, 2.24) is 5.32 Å². The highest BCUT2D eigenvalue weighted by Crippen LogP contribution is 2.13. The lowest BCUT2D eigenvalue weighted by Gasteiger charge is -2.25. The quantitative estimate of drug-likeness (QED) is 0.785. The van der Waals surface area contributed by atoms with Crippen molar-refractivity contribution in [3.05, 3.63) is 29.6 Å². The molecule has 0 spiro atoms. The maximum Gasteiger partial charge on any atom is 0.251 e. The first-order valence-electron chi connectivity index (χ1n) is 5.22. The van der Waals surface area contributed by atoms with E-state index >= 15 is 0 Å². The molecule has 1 aromatic rings. The van der Waals surface area contributed by atoms with Crippen molar-refractivity contribution in [2.24, 2.45) is 0 Å². The molecule has 0 radical (unpaired) electrons. The molecule has 0 saturated carbocycles. The van der Waals surface area contributed by atoms with Crippen LogP contribution in [-0.2, 0) is 4.74 Å². The van der Waals surface area contributed by atoms with Gasteiger partial charge in [-0.05, 0) is 32.0 Å². The monoisotopic (exact) mass is 240 g/mol. The molecule has 0 fully saturated rings. The number of amides is 1. The van der Waals surface area contributed by atoms with Crippen LogP contribution < -0.4 is 11.1 Å². The Bertz CT molecular complexity index is 419. The fourth-order valence-electron chi connectivity index (χ4n) is 1.44. The van der Waals surface area contributed by atoms with Gasteiger partial charge in [-0.15, -0.1) is 0 Å². The number of nitrogen functional groups attached to an aromatic ring is 1. The van der Waals surface area contributed by atoms with Crippen molar-refractivity contribution < 1.29 is 13.9 Å². The number of anilines is 1. The molecule has 94 valence electrons. The third-order valence-corrected chi connectivity index (χ3v) is 2.22. The lowest BCUT2D eigenvalue weighted by molar-refractivity contribution is 0.0819. The number of carbonyl (C=O) groups excluding carboxylic acids is 1. The Hall–Kier alpha value is -1.62. The Morgan fingerprint density at radius 3 is 2.71 bits per heavy atom. The fourth-order valence-corrected chi connectivity index (χ4v) is 1.44. The summed E-state index contributed by atoms with van der Waals surface area (Å²) in [5.41, 5.74) is 5.09. The number of carbonyl (C=O) groups is 1. The first-order chi connectivity index (χ1) is 7.85. The summed E-state index contributed by atoms with van der Waals surface area (Å²) in [7, 11) is 1.55. The number of nitrogens with two attached hydrogens (primary N) is 1. The summed E-state index contributed by atoms with van der Waals surface area (Å²) in [5, 5.41) is 2.75. The number of methoxy groups -OCH3 is 1. The van der Waals surface area contributed by atoms with Crippen LogP contribution in [0.2, 0.25) is 0 Å². The molecule has 4 nitrogen and oxygen atoms in total. The van der Waals surface area contributed by atoms with E-state index in [-0.39, 0.29) is 17.2 Å². The average molecular weight is 240 g/mol. The Balaban J connectivity index is 2.80.